The molecular weight excluding hydrogens is 258 g/mol. The largest absolute Gasteiger partial charge is 0.481 e. The Labute approximate surface area is 116 Å². The molecular formula is C15H17NO4. The van der Waals surface area contributed by atoms with Crippen LogP contribution in [0.3, 0.4) is 0 Å². The van der Waals surface area contributed by atoms with Gasteiger partial charge >= 0.3 is 12.1 Å². The van der Waals surface area contributed by atoms with Crippen molar-refractivity contribution in [3.8, 4) is 0 Å². The molecule has 5 nitrogen and oxygen atoms in total. The van der Waals surface area contributed by atoms with Crippen molar-refractivity contribution < 1.29 is 19.4 Å². The summed E-state index contributed by atoms with van der Waals surface area (Å²) in [5, 5.41) is 11.9. The fourth-order valence-corrected chi connectivity index (χ4v) is 3.20. The predicted molar refractivity (Wildman–Crippen MR) is 71.0 cm³/mol. The summed E-state index contributed by atoms with van der Waals surface area (Å²) in [7, 11) is 0. The fourth-order valence-electron chi connectivity index (χ4n) is 3.20. The molecule has 2 aliphatic rings. The maximum atomic E-state index is 11.7. The van der Waals surface area contributed by atoms with Crippen molar-refractivity contribution in [2.24, 2.45) is 11.3 Å². The molecule has 1 amide bonds. The van der Waals surface area contributed by atoms with Crippen LogP contribution in [0.5, 0.6) is 0 Å². The van der Waals surface area contributed by atoms with Crippen LogP contribution in [0.2, 0.25) is 0 Å². The Hall–Kier alpha value is -2.04. The van der Waals surface area contributed by atoms with Crippen molar-refractivity contribution in [2.75, 3.05) is 0 Å². The Morgan fingerprint density at radius 2 is 2.05 bits per heavy atom. The maximum Gasteiger partial charge on any atom is 0.407 e. The molecule has 0 aliphatic heterocycles. The van der Waals surface area contributed by atoms with Crippen LogP contribution in [-0.4, -0.2) is 23.2 Å². The highest BCUT2D eigenvalue weighted by atomic mass is 16.5. The Bertz CT molecular complexity index is 530. The number of carbonyl (C=O) groups is 2. The first-order chi connectivity index (χ1) is 9.60. The number of fused-ring (bicyclic) bond motifs is 1. The van der Waals surface area contributed by atoms with Gasteiger partial charge in [-0.15, -0.1) is 0 Å². The van der Waals surface area contributed by atoms with Gasteiger partial charge in [-0.05, 0) is 30.7 Å². The summed E-state index contributed by atoms with van der Waals surface area (Å²) >= 11 is 0. The van der Waals surface area contributed by atoms with Gasteiger partial charge in [-0.1, -0.05) is 30.3 Å². The van der Waals surface area contributed by atoms with Crippen LogP contribution >= 0.6 is 0 Å². The lowest BCUT2D eigenvalue weighted by molar-refractivity contribution is -0.143. The Morgan fingerprint density at radius 1 is 1.30 bits per heavy atom. The van der Waals surface area contributed by atoms with Crippen LogP contribution < -0.4 is 5.32 Å². The number of benzene rings is 1. The minimum absolute atomic E-state index is 0.0758. The molecule has 0 spiro atoms. The highest BCUT2D eigenvalue weighted by Crippen LogP contribution is 2.63. The highest BCUT2D eigenvalue weighted by Gasteiger charge is 2.65. The molecule has 1 aromatic rings. The summed E-state index contributed by atoms with van der Waals surface area (Å²) in [6, 6.07) is 9.37. The molecule has 2 fully saturated rings. The standard InChI is InChI=1S/C15H17NO4/c17-13(18)15-7-11(15)6-12(8-15)16-14(19)20-9-10-4-2-1-3-5-10/h1-5,11-12H,6-9H2,(H,16,19)(H,17,18)/t11-,12+,15+/m1/s1. The molecule has 3 rings (SSSR count). The lowest BCUT2D eigenvalue weighted by Gasteiger charge is -2.15. The molecule has 2 N–H and O–H groups in total. The molecule has 3 atom stereocenters. The molecule has 5 heteroatoms. The molecule has 1 aromatic carbocycles. The van der Waals surface area contributed by atoms with Crippen LogP contribution in [0.4, 0.5) is 4.79 Å². The fraction of sp³-hybridized carbons (Fsp3) is 0.467. The van der Waals surface area contributed by atoms with Gasteiger partial charge in [-0.2, -0.15) is 0 Å². The van der Waals surface area contributed by atoms with Crippen LogP contribution in [-0.2, 0) is 16.1 Å². The third-order valence-electron chi connectivity index (χ3n) is 4.37. The number of nitrogens with one attached hydrogen (secondary N) is 1. The quantitative estimate of drug-likeness (QED) is 0.883. The molecule has 2 aliphatic carbocycles. The predicted octanol–water partition coefficient (Wildman–Crippen LogP) is 2.17. The first-order valence-electron chi connectivity index (χ1n) is 6.81. The number of carboxylic acids is 1. The lowest BCUT2D eigenvalue weighted by Crippen LogP contribution is -2.35. The molecule has 0 radical (unpaired) electrons. The molecule has 0 saturated heterocycles. The van der Waals surface area contributed by atoms with E-state index in [0.717, 1.165) is 18.4 Å². The van der Waals surface area contributed by atoms with Gasteiger partial charge in [0.15, 0.2) is 0 Å². The normalized spacial score (nSPS) is 30.4. The monoisotopic (exact) mass is 275 g/mol. The smallest absolute Gasteiger partial charge is 0.407 e. The summed E-state index contributed by atoms with van der Waals surface area (Å²) in [5.74, 6) is -0.510. The van der Waals surface area contributed by atoms with E-state index in [0.29, 0.717) is 6.42 Å². The van der Waals surface area contributed by atoms with E-state index < -0.39 is 17.5 Å². The Kier molecular flexibility index (Phi) is 3.12. The van der Waals surface area contributed by atoms with E-state index in [1.807, 2.05) is 30.3 Å². The van der Waals surface area contributed by atoms with Gasteiger partial charge in [0, 0.05) is 6.04 Å². The number of hydrogen-bond donors (Lipinski definition) is 2. The first-order valence-corrected chi connectivity index (χ1v) is 6.81. The Balaban J connectivity index is 1.46. The first kappa shape index (κ1) is 13.0. The maximum absolute atomic E-state index is 11.7. The van der Waals surface area contributed by atoms with Crippen molar-refractivity contribution in [1.29, 1.82) is 0 Å². The number of carbonyl (C=O) groups excluding carboxylic acids is 1. The van der Waals surface area contributed by atoms with E-state index in [2.05, 4.69) is 5.32 Å². The zero-order chi connectivity index (χ0) is 14.2. The molecule has 0 unspecified atom stereocenters. The van der Waals surface area contributed by atoms with Crippen LogP contribution in [0.15, 0.2) is 30.3 Å². The molecule has 106 valence electrons. The van der Waals surface area contributed by atoms with Crippen LogP contribution in [0.1, 0.15) is 24.8 Å². The van der Waals surface area contributed by atoms with Gasteiger partial charge < -0.3 is 15.2 Å². The van der Waals surface area contributed by atoms with Gasteiger partial charge in [-0.3, -0.25) is 4.79 Å². The van der Waals surface area contributed by atoms with Gasteiger partial charge in [0.05, 0.1) is 5.41 Å². The van der Waals surface area contributed by atoms with E-state index in [1.54, 1.807) is 0 Å². The van der Waals surface area contributed by atoms with Gasteiger partial charge in [0.25, 0.3) is 0 Å². The van der Waals surface area contributed by atoms with Crippen molar-refractivity contribution in [3.05, 3.63) is 35.9 Å². The Morgan fingerprint density at radius 3 is 2.70 bits per heavy atom. The summed E-state index contributed by atoms with van der Waals surface area (Å²) < 4.78 is 5.14. The number of rotatable bonds is 4. The molecule has 0 heterocycles. The van der Waals surface area contributed by atoms with E-state index in [4.69, 9.17) is 4.74 Å². The van der Waals surface area contributed by atoms with Gasteiger partial charge in [0.2, 0.25) is 0 Å². The number of carboxylic acid groups (broad SMARTS) is 1. The van der Waals surface area contributed by atoms with Crippen molar-refractivity contribution in [1.82, 2.24) is 5.32 Å². The van der Waals surface area contributed by atoms with Crippen LogP contribution in [0, 0.1) is 11.3 Å². The molecule has 2 saturated carbocycles. The minimum Gasteiger partial charge on any atom is -0.481 e. The summed E-state index contributed by atoms with van der Waals surface area (Å²) in [6.07, 6.45) is 1.54. The van der Waals surface area contributed by atoms with E-state index in [1.165, 1.54) is 0 Å². The second-order valence-corrected chi connectivity index (χ2v) is 5.71. The second kappa shape index (κ2) is 4.81. The lowest BCUT2D eigenvalue weighted by atomic mass is 10.0. The van der Waals surface area contributed by atoms with Crippen molar-refractivity contribution in [3.63, 3.8) is 0 Å². The topological polar surface area (TPSA) is 75.6 Å². The third-order valence-corrected chi connectivity index (χ3v) is 4.37. The zero-order valence-electron chi connectivity index (χ0n) is 11.0. The van der Waals surface area contributed by atoms with Gasteiger partial charge in [-0.25, -0.2) is 4.79 Å². The molecule has 0 aromatic heterocycles. The summed E-state index contributed by atoms with van der Waals surface area (Å²) in [4.78, 5) is 22.9. The zero-order valence-corrected chi connectivity index (χ0v) is 11.0. The second-order valence-electron chi connectivity index (χ2n) is 5.71. The molecule has 20 heavy (non-hydrogen) atoms. The highest BCUT2D eigenvalue weighted by molar-refractivity contribution is 5.79. The number of alkyl carbamates (subject to hydrolysis) is 1. The number of amides is 1. The number of hydrogen-bond acceptors (Lipinski definition) is 3. The summed E-state index contributed by atoms with van der Waals surface area (Å²) in [6.45, 7) is 0.229. The van der Waals surface area contributed by atoms with Gasteiger partial charge in [0.1, 0.15) is 6.61 Å². The van der Waals surface area contributed by atoms with E-state index >= 15 is 0 Å². The number of ether oxygens (including phenoxy) is 1. The van der Waals surface area contributed by atoms with Crippen molar-refractivity contribution >= 4 is 12.1 Å². The average molecular weight is 275 g/mol. The SMILES string of the molecule is O=C(N[C@H]1C[C@@H]2C[C@]2(C(=O)O)C1)OCc1ccccc1. The third kappa shape index (κ3) is 2.35. The number of aliphatic carboxylic acids is 1. The van der Waals surface area contributed by atoms with Crippen LogP contribution in [0.25, 0.3) is 0 Å². The molecule has 0 bridgehead atoms. The van der Waals surface area contributed by atoms with E-state index in [-0.39, 0.29) is 18.6 Å². The average Bonchev–Trinajstić information content (AvgIpc) is 3.01. The minimum atomic E-state index is -0.732. The van der Waals surface area contributed by atoms with E-state index in [9.17, 15) is 14.7 Å². The van der Waals surface area contributed by atoms with Crippen molar-refractivity contribution in [2.45, 2.75) is 31.9 Å². The summed E-state index contributed by atoms with van der Waals surface area (Å²) in [5.41, 5.74) is 0.358.